The zero-order chi connectivity index (χ0) is 14.4. The van der Waals surface area contributed by atoms with Gasteiger partial charge in [-0.1, -0.05) is 51.2 Å². The van der Waals surface area contributed by atoms with Crippen molar-refractivity contribution < 1.29 is 5.11 Å². The third-order valence-electron chi connectivity index (χ3n) is 3.74. The first-order valence-corrected chi connectivity index (χ1v) is 7.57. The molecule has 3 heteroatoms. The van der Waals surface area contributed by atoms with Gasteiger partial charge in [0.15, 0.2) is 5.75 Å². The highest BCUT2D eigenvalue weighted by molar-refractivity contribution is 5.79. The van der Waals surface area contributed by atoms with E-state index in [0.29, 0.717) is 11.1 Å². The molecule has 0 saturated carbocycles. The quantitative estimate of drug-likeness (QED) is 0.745. The molecule has 0 bridgehead atoms. The number of hydrogen-bond donors (Lipinski definition) is 2. The Morgan fingerprint density at radius 3 is 2.55 bits per heavy atom. The minimum absolute atomic E-state index is 0.114. The van der Waals surface area contributed by atoms with E-state index in [9.17, 15) is 9.90 Å². The number of benzene rings is 1. The average molecular weight is 273 g/mol. The summed E-state index contributed by atoms with van der Waals surface area (Å²) in [5.74, 6) is -0.114. The van der Waals surface area contributed by atoms with Crippen LogP contribution in [0.1, 0.15) is 51.1 Å². The molecule has 0 atom stereocenters. The van der Waals surface area contributed by atoms with Gasteiger partial charge < -0.3 is 10.1 Å². The maximum Gasteiger partial charge on any atom is 0.231 e. The normalized spacial score (nSPS) is 11.1. The molecule has 0 aliphatic rings. The van der Waals surface area contributed by atoms with Crippen LogP contribution >= 0.6 is 0 Å². The summed E-state index contributed by atoms with van der Waals surface area (Å²) in [7, 11) is 0. The van der Waals surface area contributed by atoms with Crippen molar-refractivity contribution in [3.05, 3.63) is 40.2 Å². The van der Waals surface area contributed by atoms with Crippen molar-refractivity contribution in [2.24, 2.45) is 0 Å². The first-order chi connectivity index (χ1) is 9.74. The van der Waals surface area contributed by atoms with Gasteiger partial charge in [0, 0.05) is 10.9 Å². The summed E-state index contributed by atoms with van der Waals surface area (Å²) in [6.07, 6.45) is 7.93. The molecule has 0 spiro atoms. The van der Waals surface area contributed by atoms with Gasteiger partial charge in [0.25, 0.3) is 0 Å². The Bertz CT molecular complexity index is 616. The number of nitrogens with one attached hydrogen (secondary N) is 1. The van der Waals surface area contributed by atoms with Crippen molar-refractivity contribution in [2.45, 2.75) is 51.9 Å². The van der Waals surface area contributed by atoms with Crippen molar-refractivity contribution in [2.75, 3.05) is 0 Å². The molecule has 0 fully saturated rings. The van der Waals surface area contributed by atoms with Gasteiger partial charge in [-0.2, -0.15) is 0 Å². The molecule has 2 rings (SSSR count). The Kier molecular flexibility index (Phi) is 5.22. The van der Waals surface area contributed by atoms with Crippen LogP contribution in [0.5, 0.6) is 5.75 Å². The molecule has 108 valence electrons. The van der Waals surface area contributed by atoms with E-state index in [1.807, 2.05) is 18.2 Å². The number of H-pyrrole nitrogens is 1. The van der Waals surface area contributed by atoms with Crippen molar-refractivity contribution in [1.29, 1.82) is 0 Å². The molecule has 0 saturated heterocycles. The minimum Gasteiger partial charge on any atom is -0.503 e. The number of aromatic amines is 1. The number of unbranched alkanes of at least 4 members (excludes halogenated alkanes) is 5. The number of fused-ring (bicyclic) bond motifs is 1. The van der Waals surface area contributed by atoms with Crippen LogP contribution in [-0.4, -0.2) is 10.1 Å². The molecular weight excluding hydrogens is 250 g/mol. The number of aromatic nitrogens is 1. The van der Waals surface area contributed by atoms with E-state index in [-0.39, 0.29) is 11.2 Å². The van der Waals surface area contributed by atoms with Crippen LogP contribution in [0.3, 0.4) is 0 Å². The van der Waals surface area contributed by atoms with Crippen molar-refractivity contribution in [3.8, 4) is 5.75 Å². The third kappa shape index (κ3) is 3.41. The van der Waals surface area contributed by atoms with Crippen LogP contribution in [0.4, 0.5) is 0 Å². The van der Waals surface area contributed by atoms with E-state index in [2.05, 4.69) is 11.9 Å². The summed E-state index contributed by atoms with van der Waals surface area (Å²) in [6.45, 7) is 2.21. The maximum atomic E-state index is 12.1. The summed E-state index contributed by atoms with van der Waals surface area (Å²) >= 11 is 0. The Balaban J connectivity index is 2.03. The van der Waals surface area contributed by atoms with Crippen LogP contribution < -0.4 is 5.43 Å². The highest BCUT2D eigenvalue weighted by Crippen LogP contribution is 2.18. The van der Waals surface area contributed by atoms with E-state index >= 15 is 0 Å². The van der Waals surface area contributed by atoms with Crippen LogP contribution in [0.2, 0.25) is 0 Å². The van der Waals surface area contributed by atoms with Crippen molar-refractivity contribution in [1.82, 2.24) is 4.98 Å². The Morgan fingerprint density at radius 1 is 1.05 bits per heavy atom. The van der Waals surface area contributed by atoms with E-state index in [4.69, 9.17) is 0 Å². The molecule has 2 aromatic rings. The number of aromatic hydroxyl groups is 1. The fourth-order valence-corrected chi connectivity index (χ4v) is 2.54. The smallest absolute Gasteiger partial charge is 0.231 e. The number of aryl methyl sites for hydroxylation is 1. The molecule has 1 aromatic heterocycles. The van der Waals surface area contributed by atoms with Crippen LogP contribution in [0, 0.1) is 0 Å². The van der Waals surface area contributed by atoms with Gasteiger partial charge in [0.05, 0.1) is 5.69 Å². The lowest BCUT2D eigenvalue weighted by Crippen LogP contribution is -2.07. The second kappa shape index (κ2) is 7.13. The van der Waals surface area contributed by atoms with Gasteiger partial charge in [0.1, 0.15) is 0 Å². The lowest BCUT2D eigenvalue weighted by atomic mass is 10.1. The molecule has 0 radical (unpaired) electrons. The highest BCUT2D eigenvalue weighted by Gasteiger charge is 2.09. The number of para-hydroxylation sites is 1. The third-order valence-corrected chi connectivity index (χ3v) is 3.74. The molecule has 0 aliphatic heterocycles. The largest absolute Gasteiger partial charge is 0.503 e. The second-order valence-electron chi connectivity index (χ2n) is 5.34. The standard InChI is InChI=1S/C17H23NO2/c1-2-3-4-5-6-7-12-15-17(20)16(19)13-10-8-9-11-14(13)18-15/h8-11,20H,2-7,12H2,1H3,(H,18,19). The predicted octanol–water partition coefficient (Wildman–Crippen LogP) is 4.14. The summed E-state index contributed by atoms with van der Waals surface area (Å²) < 4.78 is 0. The number of rotatable bonds is 7. The maximum absolute atomic E-state index is 12.1. The first-order valence-electron chi connectivity index (χ1n) is 7.57. The molecule has 0 unspecified atom stereocenters. The summed E-state index contributed by atoms with van der Waals surface area (Å²) in [5.41, 5.74) is 1.21. The molecule has 1 heterocycles. The molecular formula is C17H23NO2. The minimum atomic E-state index is -0.264. The van der Waals surface area contributed by atoms with Crippen LogP contribution in [0.25, 0.3) is 10.9 Å². The van der Waals surface area contributed by atoms with E-state index in [1.54, 1.807) is 6.07 Å². The zero-order valence-corrected chi connectivity index (χ0v) is 12.1. The van der Waals surface area contributed by atoms with E-state index < -0.39 is 0 Å². The van der Waals surface area contributed by atoms with Crippen LogP contribution in [0.15, 0.2) is 29.1 Å². The van der Waals surface area contributed by atoms with Crippen molar-refractivity contribution in [3.63, 3.8) is 0 Å². The van der Waals surface area contributed by atoms with E-state index in [0.717, 1.165) is 24.8 Å². The summed E-state index contributed by atoms with van der Waals surface area (Å²) in [4.78, 5) is 15.2. The molecule has 20 heavy (non-hydrogen) atoms. The Morgan fingerprint density at radius 2 is 1.75 bits per heavy atom. The van der Waals surface area contributed by atoms with Gasteiger partial charge in [0.2, 0.25) is 5.43 Å². The molecule has 0 amide bonds. The van der Waals surface area contributed by atoms with Gasteiger partial charge in [-0.3, -0.25) is 4.79 Å². The zero-order valence-electron chi connectivity index (χ0n) is 12.1. The SMILES string of the molecule is CCCCCCCCc1[nH]c2ccccc2c(=O)c1O. The van der Waals surface area contributed by atoms with Crippen LogP contribution in [-0.2, 0) is 6.42 Å². The fraction of sp³-hybridized carbons (Fsp3) is 0.471. The molecule has 1 aromatic carbocycles. The summed E-state index contributed by atoms with van der Waals surface area (Å²) in [5, 5.41) is 10.5. The first kappa shape index (κ1) is 14.6. The van der Waals surface area contributed by atoms with Gasteiger partial charge in [-0.25, -0.2) is 0 Å². The van der Waals surface area contributed by atoms with E-state index in [1.165, 1.54) is 25.7 Å². The molecule has 3 nitrogen and oxygen atoms in total. The monoisotopic (exact) mass is 273 g/mol. The lowest BCUT2D eigenvalue weighted by molar-refractivity contribution is 0.458. The second-order valence-corrected chi connectivity index (χ2v) is 5.34. The fourth-order valence-electron chi connectivity index (χ4n) is 2.54. The topological polar surface area (TPSA) is 53.1 Å². The summed E-state index contributed by atoms with van der Waals surface area (Å²) in [6, 6.07) is 7.32. The van der Waals surface area contributed by atoms with Gasteiger partial charge >= 0.3 is 0 Å². The molecule has 2 N–H and O–H groups in total. The predicted molar refractivity (Wildman–Crippen MR) is 83.3 cm³/mol. The Labute approximate surface area is 119 Å². The van der Waals surface area contributed by atoms with Crippen molar-refractivity contribution >= 4 is 10.9 Å². The average Bonchev–Trinajstić information content (AvgIpc) is 2.47. The molecule has 0 aliphatic carbocycles. The van der Waals surface area contributed by atoms with Gasteiger partial charge in [-0.05, 0) is 25.0 Å². The van der Waals surface area contributed by atoms with Gasteiger partial charge in [-0.15, -0.1) is 0 Å². The number of pyridine rings is 1. The Hall–Kier alpha value is -1.77. The number of hydrogen-bond acceptors (Lipinski definition) is 2. The highest BCUT2D eigenvalue weighted by atomic mass is 16.3. The lowest BCUT2D eigenvalue weighted by Gasteiger charge is -2.07.